The highest BCUT2D eigenvalue weighted by Crippen LogP contribution is 2.25. The average molecular weight is 249 g/mol. The van der Waals surface area contributed by atoms with Crippen LogP contribution in [0.1, 0.15) is 18.4 Å². The molecule has 1 fully saturated rings. The van der Waals surface area contributed by atoms with E-state index >= 15 is 0 Å². The lowest BCUT2D eigenvalue weighted by Crippen LogP contribution is -2.31. The summed E-state index contributed by atoms with van der Waals surface area (Å²) in [6, 6.07) is 5.18. The molecule has 0 unspecified atom stereocenters. The van der Waals surface area contributed by atoms with E-state index in [0.29, 0.717) is 5.92 Å². The Morgan fingerprint density at radius 2 is 2.17 bits per heavy atom. The lowest BCUT2D eigenvalue weighted by atomic mass is 9.98. The number of anilines is 1. The zero-order valence-electron chi connectivity index (χ0n) is 10.6. The summed E-state index contributed by atoms with van der Waals surface area (Å²) in [6.07, 6.45) is 2.34. The highest BCUT2D eigenvalue weighted by Gasteiger charge is 2.15. The van der Waals surface area contributed by atoms with Gasteiger partial charge in [-0.3, -0.25) is 10.1 Å². The molecule has 1 aliphatic heterocycles. The fourth-order valence-electron chi connectivity index (χ4n) is 2.35. The van der Waals surface area contributed by atoms with Gasteiger partial charge in [0.1, 0.15) is 0 Å². The number of hydrogen-bond donors (Lipinski definition) is 2. The van der Waals surface area contributed by atoms with E-state index in [1.165, 1.54) is 12.8 Å². The molecule has 2 N–H and O–H groups in total. The van der Waals surface area contributed by atoms with Crippen LogP contribution in [-0.2, 0) is 0 Å². The van der Waals surface area contributed by atoms with Gasteiger partial charge in [0, 0.05) is 23.9 Å². The van der Waals surface area contributed by atoms with Gasteiger partial charge in [-0.15, -0.1) is 0 Å². The van der Waals surface area contributed by atoms with Crippen LogP contribution in [0.5, 0.6) is 0 Å². The number of nitro groups is 1. The molecule has 0 amide bonds. The quantitative estimate of drug-likeness (QED) is 0.634. The van der Waals surface area contributed by atoms with Gasteiger partial charge in [-0.2, -0.15) is 0 Å². The van der Waals surface area contributed by atoms with Crippen molar-refractivity contribution in [2.45, 2.75) is 19.8 Å². The number of nitro benzene ring substituents is 1. The molecule has 0 radical (unpaired) electrons. The third-order valence-electron chi connectivity index (χ3n) is 3.54. The first-order valence-corrected chi connectivity index (χ1v) is 6.37. The maximum absolute atomic E-state index is 10.8. The number of benzene rings is 1. The molecular formula is C13H19N3O2. The second-order valence-electron chi connectivity index (χ2n) is 4.78. The fraction of sp³-hybridized carbons (Fsp3) is 0.538. The van der Waals surface area contributed by atoms with E-state index in [0.717, 1.165) is 30.9 Å². The van der Waals surface area contributed by atoms with Gasteiger partial charge in [0.2, 0.25) is 0 Å². The molecular weight excluding hydrogens is 230 g/mol. The summed E-state index contributed by atoms with van der Waals surface area (Å²) in [5.74, 6) is 0.657. The predicted molar refractivity (Wildman–Crippen MR) is 71.9 cm³/mol. The monoisotopic (exact) mass is 249 g/mol. The summed E-state index contributed by atoms with van der Waals surface area (Å²) >= 11 is 0. The second-order valence-corrected chi connectivity index (χ2v) is 4.78. The van der Waals surface area contributed by atoms with Gasteiger partial charge in [0.15, 0.2) is 0 Å². The number of nitrogens with zero attached hydrogens (tertiary/aromatic N) is 1. The summed E-state index contributed by atoms with van der Waals surface area (Å²) < 4.78 is 0. The molecule has 0 aromatic heterocycles. The van der Waals surface area contributed by atoms with Crippen LogP contribution in [0.2, 0.25) is 0 Å². The van der Waals surface area contributed by atoms with Crippen LogP contribution in [-0.4, -0.2) is 24.6 Å². The summed E-state index contributed by atoms with van der Waals surface area (Å²) in [4.78, 5) is 10.5. The molecule has 5 nitrogen and oxygen atoms in total. The molecule has 0 aliphatic carbocycles. The van der Waals surface area contributed by atoms with Crippen molar-refractivity contribution in [2.24, 2.45) is 5.92 Å². The Hall–Kier alpha value is -1.62. The predicted octanol–water partition coefficient (Wildman–Crippen LogP) is 2.31. The van der Waals surface area contributed by atoms with E-state index in [4.69, 9.17) is 0 Å². The van der Waals surface area contributed by atoms with Gasteiger partial charge >= 0.3 is 0 Å². The lowest BCUT2D eigenvalue weighted by Gasteiger charge is -2.23. The Morgan fingerprint density at radius 3 is 2.83 bits per heavy atom. The fourth-order valence-corrected chi connectivity index (χ4v) is 2.35. The number of hydrogen-bond acceptors (Lipinski definition) is 4. The Bertz CT molecular complexity index is 428. The van der Waals surface area contributed by atoms with Crippen molar-refractivity contribution in [3.8, 4) is 0 Å². The first-order chi connectivity index (χ1) is 8.68. The first kappa shape index (κ1) is 12.8. The Morgan fingerprint density at radius 1 is 1.44 bits per heavy atom. The number of rotatable bonds is 4. The maximum atomic E-state index is 10.8. The third-order valence-corrected chi connectivity index (χ3v) is 3.54. The molecule has 0 bridgehead atoms. The lowest BCUT2D eigenvalue weighted by molar-refractivity contribution is -0.385. The standard InChI is InChI=1S/C13H19N3O2/c1-10-12(3-2-4-13(10)16(17)18)15-9-11-5-7-14-8-6-11/h2-4,11,14-15H,5-9H2,1H3. The van der Waals surface area contributed by atoms with Gasteiger partial charge in [0.05, 0.1) is 4.92 Å². The summed E-state index contributed by atoms with van der Waals surface area (Å²) in [6.45, 7) is 4.83. The van der Waals surface area contributed by atoms with Crippen LogP contribution in [0.3, 0.4) is 0 Å². The molecule has 0 atom stereocenters. The molecule has 5 heteroatoms. The molecule has 0 spiro atoms. The minimum atomic E-state index is -0.328. The normalized spacial score (nSPS) is 16.5. The van der Waals surface area contributed by atoms with Crippen molar-refractivity contribution >= 4 is 11.4 Å². The SMILES string of the molecule is Cc1c(NCC2CCNCC2)cccc1[N+](=O)[O-]. The van der Waals surface area contributed by atoms with E-state index in [-0.39, 0.29) is 10.6 Å². The van der Waals surface area contributed by atoms with Crippen LogP contribution in [0.4, 0.5) is 11.4 Å². The van der Waals surface area contributed by atoms with Gasteiger partial charge < -0.3 is 10.6 Å². The highest BCUT2D eigenvalue weighted by atomic mass is 16.6. The zero-order valence-corrected chi connectivity index (χ0v) is 10.6. The van der Waals surface area contributed by atoms with Crippen LogP contribution < -0.4 is 10.6 Å². The van der Waals surface area contributed by atoms with Crippen molar-refractivity contribution in [3.05, 3.63) is 33.9 Å². The maximum Gasteiger partial charge on any atom is 0.274 e. The van der Waals surface area contributed by atoms with E-state index in [9.17, 15) is 10.1 Å². The second kappa shape index (κ2) is 5.82. The molecule has 0 saturated carbocycles. The minimum Gasteiger partial charge on any atom is -0.384 e. The summed E-state index contributed by atoms with van der Waals surface area (Å²) in [7, 11) is 0. The van der Waals surface area contributed by atoms with Crippen molar-refractivity contribution < 1.29 is 4.92 Å². The molecule has 1 heterocycles. The molecule has 18 heavy (non-hydrogen) atoms. The van der Waals surface area contributed by atoms with E-state index in [2.05, 4.69) is 10.6 Å². The van der Waals surface area contributed by atoms with Crippen LogP contribution in [0, 0.1) is 23.0 Å². The van der Waals surface area contributed by atoms with E-state index in [1.807, 2.05) is 6.07 Å². The number of nitrogens with one attached hydrogen (secondary N) is 2. The van der Waals surface area contributed by atoms with Crippen molar-refractivity contribution in [1.82, 2.24) is 5.32 Å². The molecule has 98 valence electrons. The van der Waals surface area contributed by atoms with Gasteiger partial charge in [-0.05, 0) is 44.8 Å². The van der Waals surface area contributed by atoms with Gasteiger partial charge in [0.25, 0.3) is 5.69 Å². The van der Waals surface area contributed by atoms with Crippen LogP contribution >= 0.6 is 0 Å². The van der Waals surface area contributed by atoms with Crippen molar-refractivity contribution in [1.29, 1.82) is 0 Å². The first-order valence-electron chi connectivity index (χ1n) is 6.37. The number of piperidine rings is 1. The van der Waals surface area contributed by atoms with Crippen LogP contribution in [0.15, 0.2) is 18.2 Å². The Labute approximate surface area is 107 Å². The Kier molecular flexibility index (Phi) is 4.15. The molecule has 2 rings (SSSR count). The smallest absolute Gasteiger partial charge is 0.274 e. The van der Waals surface area contributed by atoms with Gasteiger partial charge in [-0.25, -0.2) is 0 Å². The zero-order chi connectivity index (χ0) is 13.0. The highest BCUT2D eigenvalue weighted by molar-refractivity contribution is 5.59. The molecule has 1 aromatic rings. The molecule has 1 saturated heterocycles. The topological polar surface area (TPSA) is 67.2 Å². The Balaban J connectivity index is 2.00. The van der Waals surface area contributed by atoms with Crippen molar-refractivity contribution in [2.75, 3.05) is 25.0 Å². The van der Waals surface area contributed by atoms with E-state index < -0.39 is 0 Å². The summed E-state index contributed by atoms with van der Waals surface area (Å²) in [5.41, 5.74) is 1.78. The minimum absolute atomic E-state index is 0.185. The third kappa shape index (κ3) is 2.98. The van der Waals surface area contributed by atoms with Crippen LogP contribution in [0.25, 0.3) is 0 Å². The largest absolute Gasteiger partial charge is 0.384 e. The molecule has 1 aromatic carbocycles. The van der Waals surface area contributed by atoms with Gasteiger partial charge in [-0.1, -0.05) is 6.07 Å². The van der Waals surface area contributed by atoms with Crippen molar-refractivity contribution in [3.63, 3.8) is 0 Å². The summed E-state index contributed by atoms with van der Waals surface area (Å²) in [5, 5.41) is 17.5. The molecule has 1 aliphatic rings. The average Bonchev–Trinajstić information content (AvgIpc) is 2.38. The van der Waals surface area contributed by atoms with E-state index in [1.54, 1.807) is 19.1 Å².